The quantitative estimate of drug-likeness (QED) is 0.229. The summed E-state index contributed by atoms with van der Waals surface area (Å²) in [4.78, 5) is 0. The van der Waals surface area contributed by atoms with Gasteiger partial charge in [0.2, 0.25) is 0 Å². The molecule has 28 radical (unpaired) electrons. The summed E-state index contributed by atoms with van der Waals surface area (Å²) in [6.07, 6.45) is 0. The van der Waals surface area contributed by atoms with Crippen LogP contribution in [0.3, 0.4) is 0 Å². The molecule has 0 aromatic rings. The van der Waals surface area contributed by atoms with Gasteiger partial charge in [0.25, 0.3) is 0 Å². The fourth-order valence-corrected chi connectivity index (χ4v) is 0. The predicted molar refractivity (Wildman–Crippen MR) is 114 cm³/mol. The molecule has 0 amide bonds. The number of hydrogen-bond acceptors (Lipinski definition) is 0. The van der Waals surface area contributed by atoms with Gasteiger partial charge in [0.15, 0.2) is 0 Å². The first-order valence-corrected chi connectivity index (χ1v) is 0. The molecule has 0 aliphatic carbocycles. The molecular formula is H28Al6Ca5O14. The molecule has 0 aromatic carbocycles. The molecule has 28 N–H and O–H groups in total. The summed E-state index contributed by atoms with van der Waals surface area (Å²) in [6.45, 7) is 0. The van der Waals surface area contributed by atoms with E-state index in [4.69, 9.17) is 0 Å². The molecule has 140 valence electrons. The van der Waals surface area contributed by atoms with Crippen molar-refractivity contribution in [1.82, 2.24) is 0 Å². The summed E-state index contributed by atoms with van der Waals surface area (Å²) < 4.78 is 0. The van der Waals surface area contributed by atoms with Crippen LogP contribution in [-0.4, -0.2) is 370 Å². The molecule has 0 atom stereocenters. The maximum atomic E-state index is 0. The normalized spacial score (nSPS) is 0. The van der Waals surface area contributed by atoms with Crippen molar-refractivity contribution in [3.05, 3.63) is 0 Å². The van der Waals surface area contributed by atoms with Gasteiger partial charge in [0.1, 0.15) is 0 Å². The van der Waals surface area contributed by atoms with Crippen molar-refractivity contribution < 1.29 is 76.7 Å². The largest absolute Gasteiger partial charge is 0.412 e. The van der Waals surface area contributed by atoms with Gasteiger partial charge in [-0.2, -0.15) is 0 Å². The van der Waals surface area contributed by atoms with Crippen molar-refractivity contribution in [3.63, 3.8) is 0 Å². The van der Waals surface area contributed by atoms with Crippen molar-refractivity contribution in [2.24, 2.45) is 0 Å². The summed E-state index contributed by atoms with van der Waals surface area (Å²) >= 11 is 0. The van der Waals surface area contributed by atoms with E-state index >= 15 is 0 Å². The molecule has 0 heterocycles. The minimum atomic E-state index is 0. The van der Waals surface area contributed by atoms with Gasteiger partial charge in [-0.1, -0.05) is 0 Å². The Kier molecular flexibility index (Phi) is 7760. The van der Waals surface area contributed by atoms with Gasteiger partial charge in [0.05, 0.1) is 0 Å². The van der Waals surface area contributed by atoms with E-state index in [1.165, 1.54) is 0 Å². The molecule has 0 bridgehead atoms. The minimum absolute atomic E-state index is 0. The Morgan fingerprint density at radius 1 is 0.120 bits per heavy atom. The second-order valence-corrected chi connectivity index (χ2v) is 0. The smallest absolute Gasteiger partial charge is 0 e. The van der Waals surface area contributed by atoms with Crippen LogP contribution in [0.2, 0.25) is 0 Å². The van der Waals surface area contributed by atoms with Crippen molar-refractivity contribution in [1.29, 1.82) is 0 Å². The van der Waals surface area contributed by atoms with E-state index in [0.717, 1.165) is 0 Å². The fourth-order valence-electron chi connectivity index (χ4n) is 0. The fraction of sp³-hybridized carbons (Fsp3) is 0. The Morgan fingerprint density at radius 2 is 0.120 bits per heavy atom. The molecule has 0 unspecified atom stereocenters. The molecule has 0 saturated carbocycles. The maximum absolute atomic E-state index is 0. The van der Waals surface area contributed by atoms with Gasteiger partial charge in [-0.25, -0.2) is 0 Å². The average Bonchev–Trinajstić information content (AvgIpc) is 0. The second kappa shape index (κ2) is 421. The Bertz CT molecular complexity index is 35.7. The Labute approximate surface area is 360 Å². The zero-order chi connectivity index (χ0) is 0. The molecular weight excluding hydrogens is 586 g/mol. The molecule has 14 nitrogen and oxygen atoms in total. The van der Waals surface area contributed by atoms with E-state index < -0.39 is 0 Å². The van der Waals surface area contributed by atoms with E-state index in [2.05, 4.69) is 0 Å². The topological polar surface area (TPSA) is 441 Å². The molecule has 0 saturated heterocycles. The van der Waals surface area contributed by atoms with E-state index in [1.54, 1.807) is 0 Å². The van der Waals surface area contributed by atoms with Crippen LogP contribution in [0.5, 0.6) is 0 Å². The van der Waals surface area contributed by atoms with Crippen LogP contribution in [0.15, 0.2) is 0 Å². The SMILES string of the molecule is O.O.O.O.O.O.O.O.O.O.O.O.O.O.[Al].[Al].[Al].[Al].[Al].[Al].[Ca].[Ca].[Ca].[Ca].[Ca]. The van der Waals surface area contributed by atoms with Crippen LogP contribution >= 0.6 is 0 Å². The zero-order valence-electron chi connectivity index (χ0n) is 14.0. The van der Waals surface area contributed by atoms with E-state index in [1.807, 2.05) is 0 Å². The van der Waals surface area contributed by atoms with Crippen molar-refractivity contribution in [3.8, 4) is 0 Å². The van der Waals surface area contributed by atoms with Crippen LogP contribution in [0, 0.1) is 0 Å². The Hall–Kier alpha value is 8.93. The van der Waals surface area contributed by atoms with Gasteiger partial charge in [-0.15, -0.1) is 0 Å². The second-order valence-electron chi connectivity index (χ2n) is 0. The van der Waals surface area contributed by atoms with Crippen molar-refractivity contribution in [2.75, 3.05) is 0 Å². The third kappa shape index (κ3) is 395. The molecule has 0 spiro atoms. The van der Waals surface area contributed by atoms with Gasteiger partial charge >= 0.3 is 0 Å². The molecule has 0 rings (SSSR count). The average molecular weight is 614 g/mol. The monoisotopic (exact) mass is 614 g/mol. The van der Waals surface area contributed by atoms with Crippen LogP contribution in [0.25, 0.3) is 0 Å². The Morgan fingerprint density at radius 3 is 0.120 bits per heavy atom. The number of rotatable bonds is 0. The van der Waals surface area contributed by atoms with Gasteiger partial charge in [-0.3, -0.25) is 0 Å². The zero-order valence-corrected chi connectivity index (χ0v) is 32.0. The third-order valence-electron chi connectivity index (χ3n) is 0. The first kappa shape index (κ1) is 461. The van der Waals surface area contributed by atoms with Crippen LogP contribution in [-0.2, 0) is 0 Å². The molecule has 25 heteroatoms. The van der Waals surface area contributed by atoms with Crippen molar-refractivity contribution >= 4 is 293 Å². The summed E-state index contributed by atoms with van der Waals surface area (Å²) in [5, 5.41) is 0. The summed E-state index contributed by atoms with van der Waals surface area (Å²) in [6, 6.07) is 0. The standard InChI is InChI=1S/6Al.5Ca.14H2O/h;;;;;;;;;;;14*1H2. The minimum Gasteiger partial charge on any atom is -0.412 e. The summed E-state index contributed by atoms with van der Waals surface area (Å²) in [5.74, 6) is 0. The molecule has 0 aliphatic rings. The van der Waals surface area contributed by atoms with E-state index in [-0.39, 0.29) is 370 Å². The molecule has 0 aromatic heterocycles. The first-order chi connectivity index (χ1) is 0. The van der Waals surface area contributed by atoms with E-state index in [0.29, 0.717) is 0 Å². The van der Waals surface area contributed by atoms with Crippen LogP contribution < -0.4 is 0 Å². The molecule has 0 fully saturated rings. The molecule has 25 heavy (non-hydrogen) atoms. The number of hydrogen-bond donors (Lipinski definition) is 0. The maximum Gasteiger partial charge on any atom is 0 e. The van der Waals surface area contributed by atoms with Crippen LogP contribution in [0.1, 0.15) is 0 Å². The molecule has 0 aliphatic heterocycles. The van der Waals surface area contributed by atoms with Crippen LogP contribution in [0.4, 0.5) is 0 Å². The van der Waals surface area contributed by atoms with Gasteiger partial charge in [-0.05, 0) is 0 Å². The third-order valence-corrected chi connectivity index (χ3v) is 0. The van der Waals surface area contributed by atoms with Gasteiger partial charge < -0.3 is 76.7 Å². The predicted octanol–water partition coefficient (Wildman–Crippen LogP) is -15.7. The summed E-state index contributed by atoms with van der Waals surface area (Å²) in [5.41, 5.74) is 0. The van der Waals surface area contributed by atoms with E-state index in [9.17, 15) is 0 Å². The summed E-state index contributed by atoms with van der Waals surface area (Å²) in [7, 11) is 0. The van der Waals surface area contributed by atoms with Crippen molar-refractivity contribution in [2.45, 2.75) is 0 Å². The first-order valence-electron chi connectivity index (χ1n) is 0. The van der Waals surface area contributed by atoms with Gasteiger partial charge in [0, 0.05) is 293 Å². The Balaban J connectivity index is 0.